The van der Waals surface area contributed by atoms with Gasteiger partial charge in [-0.25, -0.2) is 9.97 Å². The Morgan fingerprint density at radius 1 is 1.60 bits per heavy atom. The number of nitrogens with two attached hydrogens (primary N) is 1. The predicted molar refractivity (Wildman–Crippen MR) is 61.2 cm³/mol. The maximum absolute atomic E-state index is 11.6. The van der Waals surface area contributed by atoms with Crippen LogP contribution in [0, 0.1) is 0 Å². The topological polar surface area (TPSA) is 72.1 Å². The Morgan fingerprint density at radius 2 is 2.33 bits per heavy atom. The molecule has 0 aromatic carbocycles. The van der Waals surface area contributed by atoms with Crippen LogP contribution in [0.15, 0.2) is 6.33 Å². The summed E-state index contributed by atoms with van der Waals surface area (Å²) in [5.41, 5.74) is 5.93. The van der Waals surface area contributed by atoms with Gasteiger partial charge in [-0.1, -0.05) is 11.6 Å². The number of anilines is 2. The van der Waals surface area contributed by atoms with Gasteiger partial charge in [0.2, 0.25) is 5.91 Å². The third-order valence-corrected chi connectivity index (χ3v) is 2.82. The van der Waals surface area contributed by atoms with E-state index in [1.807, 2.05) is 0 Å². The molecule has 1 aliphatic rings. The van der Waals surface area contributed by atoms with Gasteiger partial charge >= 0.3 is 0 Å². The van der Waals surface area contributed by atoms with Crippen molar-refractivity contribution in [1.82, 2.24) is 9.97 Å². The van der Waals surface area contributed by atoms with Crippen LogP contribution in [0.3, 0.4) is 0 Å². The van der Waals surface area contributed by atoms with Crippen LogP contribution in [0.5, 0.6) is 0 Å². The summed E-state index contributed by atoms with van der Waals surface area (Å²) in [6, 6.07) is 0. The largest absolute Gasteiger partial charge is 0.393 e. The Kier molecular flexibility index (Phi) is 2.70. The SMILES string of the molecule is Nc1c(Cl)ncnc1N1CC(S)CC1=O. The average Bonchev–Trinajstić information content (AvgIpc) is 2.50. The lowest BCUT2D eigenvalue weighted by Crippen LogP contribution is -2.26. The van der Waals surface area contributed by atoms with Crippen LogP contribution < -0.4 is 10.6 Å². The molecule has 0 radical (unpaired) electrons. The summed E-state index contributed by atoms with van der Waals surface area (Å²) < 4.78 is 0. The van der Waals surface area contributed by atoms with Crippen LogP contribution in [-0.2, 0) is 4.79 Å². The Bertz CT molecular complexity index is 414. The van der Waals surface area contributed by atoms with Gasteiger partial charge in [-0.3, -0.25) is 9.69 Å². The molecule has 1 aliphatic heterocycles. The highest BCUT2D eigenvalue weighted by atomic mass is 35.5. The van der Waals surface area contributed by atoms with Crippen molar-refractivity contribution in [3.8, 4) is 0 Å². The summed E-state index contributed by atoms with van der Waals surface area (Å²) >= 11 is 9.98. The third-order valence-electron chi connectivity index (χ3n) is 2.17. The summed E-state index contributed by atoms with van der Waals surface area (Å²) in [5, 5.41) is 0.182. The van der Waals surface area contributed by atoms with Crippen LogP contribution in [0.4, 0.5) is 11.5 Å². The molecule has 1 amide bonds. The van der Waals surface area contributed by atoms with E-state index in [4.69, 9.17) is 17.3 Å². The van der Waals surface area contributed by atoms with Crippen molar-refractivity contribution in [2.24, 2.45) is 0 Å². The lowest BCUT2D eigenvalue weighted by Gasteiger charge is -2.16. The molecule has 0 bridgehead atoms. The molecule has 0 saturated carbocycles. The van der Waals surface area contributed by atoms with E-state index in [2.05, 4.69) is 22.6 Å². The molecular weight excluding hydrogens is 236 g/mol. The molecule has 5 nitrogen and oxygen atoms in total. The fourth-order valence-electron chi connectivity index (χ4n) is 1.47. The van der Waals surface area contributed by atoms with Gasteiger partial charge in [0, 0.05) is 18.2 Å². The molecule has 15 heavy (non-hydrogen) atoms. The minimum atomic E-state index is -0.0449. The molecule has 0 spiro atoms. The Balaban J connectivity index is 2.38. The Morgan fingerprint density at radius 3 is 2.93 bits per heavy atom. The first-order valence-electron chi connectivity index (χ1n) is 4.34. The minimum Gasteiger partial charge on any atom is -0.393 e. The number of carbonyl (C=O) groups is 1. The van der Waals surface area contributed by atoms with Crippen LogP contribution in [-0.4, -0.2) is 27.7 Å². The fraction of sp³-hybridized carbons (Fsp3) is 0.375. The highest BCUT2D eigenvalue weighted by Crippen LogP contribution is 2.29. The maximum Gasteiger partial charge on any atom is 0.229 e. The van der Waals surface area contributed by atoms with Gasteiger partial charge in [0.05, 0.1) is 0 Å². The first-order chi connectivity index (χ1) is 7.09. The zero-order chi connectivity index (χ0) is 11.0. The highest BCUT2D eigenvalue weighted by molar-refractivity contribution is 7.81. The lowest BCUT2D eigenvalue weighted by atomic mass is 10.4. The van der Waals surface area contributed by atoms with E-state index >= 15 is 0 Å². The average molecular weight is 245 g/mol. The summed E-state index contributed by atoms with van der Waals surface area (Å²) in [4.78, 5) is 20.7. The van der Waals surface area contributed by atoms with E-state index in [-0.39, 0.29) is 22.0 Å². The van der Waals surface area contributed by atoms with E-state index in [0.717, 1.165) is 0 Å². The van der Waals surface area contributed by atoms with Gasteiger partial charge in [0.15, 0.2) is 11.0 Å². The quantitative estimate of drug-likeness (QED) is 0.565. The molecular formula is C8H9ClN4OS. The van der Waals surface area contributed by atoms with E-state index in [0.29, 0.717) is 18.8 Å². The van der Waals surface area contributed by atoms with Crippen LogP contribution in [0.1, 0.15) is 6.42 Å². The van der Waals surface area contributed by atoms with Gasteiger partial charge in [-0.15, -0.1) is 0 Å². The van der Waals surface area contributed by atoms with Crippen molar-refractivity contribution in [2.45, 2.75) is 11.7 Å². The second kappa shape index (κ2) is 3.86. The molecule has 1 aromatic rings. The number of nitrogen functional groups attached to an aromatic ring is 1. The number of rotatable bonds is 1. The van der Waals surface area contributed by atoms with E-state index in [9.17, 15) is 4.79 Å². The van der Waals surface area contributed by atoms with Crippen LogP contribution in [0.2, 0.25) is 5.15 Å². The number of hydrogen-bond donors (Lipinski definition) is 2. The lowest BCUT2D eigenvalue weighted by molar-refractivity contribution is -0.117. The Hall–Kier alpha value is -1.01. The molecule has 1 atom stereocenters. The van der Waals surface area contributed by atoms with Gasteiger partial charge in [0.25, 0.3) is 0 Å². The van der Waals surface area contributed by atoms with E-state index in [1.165, 1.54) is 11.2 Å². The number of thiol groups is 1. The number of amides is 1. The number of carbonyl (C=O) groups excluding carboxylic acids is 1. The van der Waals surface area contributed by atoms with Crippen molar-refractivity contribution >= 4 is 41.6 Å². The van der Waals surface area contributed by atoms with Crippen LogP contribution >= 0.6 is 24.2 Å². The van der Waals surface area contributed by atoms with Crippen molar-refractivity contribution in [1.29, 1.82) is 0 Å². The number of hydrogen-bond acceptors (Lipinski definition) is 5. The van der Waals surface area contributed by atoms with E-state index < -0.39 is 0 Å². The first kappa shape index (κ1) is 10.5. The van der Waals surface area contributed by atoms with Gasteiger partial charge in [0.1, 0.15) is 12.0 Å². The minimum absolute atomic E-state index is 0.0191. The molecule has 0 aliphatic carbocycles. The zero-order valence-corrected chi connectivity index (χ0v) is 9.37. The van der Waals surface area contributed by atoms with Gasteiger partial charge in [-0.2, -0.15) is 12.6 Å². The summed E-state index contributed by atoms with van der Waals surface area (Å²) in [6.45, 7) is 0.499. The molecule has 1 unspecified atom stereocenters. The summed E-state index contributed by atoms with van der Waals surface area (Å²) in [7, 11) is 0. The normalized spacial score (nSPS) is 21.1. The van der Waals surface area contributed by atoms with Crippen molar-refractivity contribution in [3.63, 3.8) is 0 Å². The molecule has 2 heterocycles. The van der Waals surface area contributed by atoms with Crippen LogP contribution in [0.25, 0.3) is 0 Å². The fourth-order valence-corrected chi connectivity index (χ4v) is 1.92. The van der Waals surface area contributed by atoms with Gasteiger partial charge < -0.3 is 5.73 Å². The summed E-state index contributed by atoms with van der Waals surface area (Å²) in [6.07, 6.45) is 1.68. The summed E-state index contributed by atoms with van der Waals surface area (Å²) in [5.74, 6) is 0.327. The van der Waals surface area contributed by atoms with E-state index in [1.54, 1.807) is 0 Å². The molecule has 1 aromatic heterocycles. The van der Waals surface area contributed by atoms with Crippen molar-refractivity contribution < 1.29 is 4.79 Å². The standard InChI is InChI=1S/C8H9ClN4OS/c9-7-6(10)8(12-3-11-7)13-2-4(15)1-5(13)14/h3-4,15H,1-2,10H2. The van der Waals surface area contributed by atoms with Crippen molar-refractivity contribution in [3.05, 3.63) is 11.5 Å². The number of halogens is 1. The van der Waals surface area contributed by atoms with Gasteiger partial charge in [-0.05, 0) is 0 Å². The smallest absolute Gasteiger partial charge is 0.229 e. The number of nitrogens with zero attached hydrogens (tertiary/aromatic N) is 3. The molecule has 2 rings (SSSR count). The Labute approximate surface area is 97.0 Å². The molecule has 80 valence electrons. The highest BCUT2D eigenvalue weighted by Gasteiger charge is 2.30. The second-order valence-electron chi connectivity index (χ2n) is 3.26. The third kappa shape index (κ3) is 1.87. The molecule has 1 fully saturated rings. The second-order valence-corrected chi connectivity index (χ2v) is 4.35. The number of aromatic nitrogens is 2. The molecule has 1 saturated heterocycles. The molecule has 2 N–H and O–H groups in total. The van der Waals surface area contributed by atoms with Crippen molar-refractivity contribution in [2.75, 3.05) is 17.2 Å². The first-order valence-corrected chi connectivity index (χ1v) is 5.23. The molecule has 7 heteroatoms. The predicted octanol–water partition coefficient (Wildman–Crippen LogP) is 0.747. The monoisotopic (exact) mass is 244 g/mol. The zero-order valence-electron chi connectivity index (χ0n) is 7.72. The maximum atomic E-state index is 11.6.